The van der Waals surface area contributed by atoms with Gasteiger partial charge in [-0.05, 0) is 62.9 Å². The largest absolute Gasteiger partial charge is 0.494 e. The molecule has 0 saturated heterocycles. The predicted octanol–water partition coefficient (Wildman–Crippen LogP) is 4.24. The number of nitriles is 1. The Hall–Kier alpha value is -2.78. The highest BCUT2D eigenvalue weighted by Gasteiger charge is 2.26. The Morgan fingerprint density at radius 2 is 1.89 bits per heavy atom. The summed E-state index contributed by atoms with van der Waals surface area (Å²) in [6, 6.07) is 4.92. The number of carbonyl (C=O) groups excluding carboxylic acids is 1. The number of aryl methyl sites for hydroxylation is 2. The smallest absolute Gasteiger partial charge is 0.271 e. The molecule has 7 heteroatoms. The van der Waals surface area contributed by atoms with Gasteiger partial charge in [-0.25, -0.2) is 0 Å². The molecule has 0 bridgehead atoms. The van der Waals surface area contributed by atoms with Crippen molar-refractivity contribution in [1.82, 2.24) is 4.57 Å². The Kier molecular flexibility index (Phi) is 6.52. The number of pyridine rings is 1. The van der Waals surface area contributed by atoms with Gasteiger partial charge in [-0.1, -0.05) is 18.5 Å². The lowest BCUT2D eigenvalue weighted by atomic mass is 10.0. The Morgan fingerprint density at radius 1 is 1.32 bits per heavy atom. The van der Waals surface area contributed by atoms with Gasteiger partial charge in [0.25, 0.3) is 5.56 Å². The van der Waals surface area contributed by atoms with E-state index < -0.39 is 17.2 Å². The number of halogens is 1. The van der Waals surface area contributed by atoms with E-state index in [4.69, 9.17) is 16.3 Å². The molecule has 6 nitrogen and oxygen atoms in total. The average Bonchev–Trinajstić information content (AvgIpc) is 2.64. The van der Waals surface area contributed by atoms with Crippen molar-refractivity contribution < 1.29 is 14.6 Å². The van der Waals surface area contributed by atoms with Crippen LogP contribution in [0.2, 0.25) is 5.02 Å². The third kappa shape index (κ3) is 3.90. The molecule has 0 amide bonds. The summed E-state index contributed by atoms with van der Waals surface area (Å²) in [5.41, 5.74) is 0.967. The molecular weight excluding hydrogens is 380 g/mol. The van der Waals surface area contributed by atoms with E-state index in [1.165, 1.54) is 6.92 Å². The van der Waals surface area contributed by atoms with Crippen molar-refractivity contribution in [2.24, 2.45) is 0 Å². The summed E-state index contributed by atoms with van der Waals surface area (Å²) in [4.78, 5) is 25.3. The summed E-state index contributed by atoms with van der Waals surface area (Å²) in [5.74, 6) is -0.484. The third-order valence-electron chi connectivity index (χ3n) is 4.84. The summed E-state index contributed by atoms with van der Waals surface area (Å²) < 4.78 is 6.68. The fourth-order valence-electron chi connectivity index (χ4n) is 3.06. The molecule has 0 radical (unpaired) electrons. The van der Waals surface area contributed by atoms with E-state index in [0.29, 0.717) is 17.2 Å². The van der Waals surface area contributed by atoms with Gasteiger partial charge in [0.1, 0.15) is 17.4 Å². The van der Waals surface area contributed by atoms with Crippen molar-refractivity contribution in [3.05, 3.63) is 55.3 Å². The van der Waals surface area contributed by atoms with E-state index in [9.17, 15) is 20.0 Å². The van der Waals surface area contributed by atoms with E-state index in [-0.39, 0.29) is 29.3 Å². The van der Waals surface area contributed by atoms with Crippen LogP contribution in [0.5, 0.6) is 11.6 Å². The summed E-state index contributed by atoms with van der Waals surface area (Å²) in [6.45, 7) is 8.38. The number of carbonyl (C=O) groups is 1. The van der Waals surface area contributed by atoms with Crippen molar-refractivity contribution in [3.8, 4) is 17.7 Å². The number of rotatable bonds is 6. The molecule has 0 fully saturated rings. The van der Waals surface area contributed by atoms with Gasteiger partial charge >= 0.3 is 0 Å². The molecule has 1 atom stereocenters. The maximum atomic E-state index is 12.8. The molecule has 1 unspecified atom stereocenters. The molecule has 1 aromatic heterocycles. The maximum absolute atomic E-state index is 12.8. The van der Waals surface area contributed by atoms with Crippen LogP contribution >= 0.6 is 11.6 Å². The number of hydrogen-bond donors (Lipinski definition) is 1. The number of hydrogen-bond acceptors (Lipinski definition) is 5. The lowest BCUT2D eigenvalue weighted by Gasteiger charge is -2.19. The van der Waals surface area contributed by atoms with Gasteiger partial charge in [0, 0.05) is 11.1 Å². The molecule has 1 heterocycles. The minimum Gasteiger partial charge on any atom is -0.494 e. The first kappa shape index (κ1) is 21.5. The standard InChI is InChI=1S/C21H23ClN2O4/c1-6-13(4)24-20(26)16(9-23)14(5)18(21(24)27)17(25)10-28-15-7-11(2)19(22)12(3)8-15/h7-8,13,27H,6,10H2,1-5H3. The van der Waals surface area contributed by atoms with E-state index in [1.807, 2.05) is 26.8 Å². The van der Waals surface area contributed by atoms with E-state index in [1.54, 1.807) is 19.1 Å². The van der Waals surface area contributed by atoms with Gasteiger partial charge in [0.15, 0.2) is 6.61 Å². The highest BCUT2D eigenvalue weighted by Crippen LogP contribution is 2.28. The molecule has 1 N–H and O–H groups in total. The Balaban J connectivity index is 2.45. The Bertz CT molecular complexity index is 1010. The highest BCUT2D eigenvalue weighted by molar-refractivity contribution is 6.32. The maximum Gasteiger partial charge on any atom is 0.271 e. The first-order valence-electron chi connectivity index (χ1n) is 8.94. The quantitative estimate of drug-likeness (QED) is 0.729. The van der Waals surface area contributed by atoms with E-state index in [0.717, 1.165) is 15.7 Å². The first-order valence-corrected chi connectivity index (χ1v) is 9.32. The molecule has 0 aliphatic heterocycles. The van der Waals surface area contributed by atoms with Crippen LogP contribution in [0.4, 0.5) is 0 Å². The van der Waals surface area contributed by atoms with Crippen LogP contribution in [-0.4, -0.2) is 22.1 Å². The van der Waals surface area contributed by atoms with Crippen molar-refractivity contribution >= 4 is 17.4 Å². The second-order valence-electron chi connectivity index (χ2n) is 6.83. The summed E-state index contributed by atoms with van der Waals surface area (Å²) in [7, 11) is 0. The molecule has 0 saturated carbocycles. The van der Waals surface area contributed by atoms with Gasteiger partial charge in [-0.15, -0.1) is 0 Å². The molecule has 0 aliphatic carbocycles. The molecule has 1 aromatic carbocycles. The van der Waals surface area contributed by atoms with Crippen LogP contribution in [0.1, 0.15) is 58.9 Å². The normalized spacial score (nSPS) is 11.8. The van der Waals surface area contributed by atoms with Crippen LogP contribution in [-0.2, 0) is 0 Å². The molecule has 0 spiro atoms. The van der Waals surface area contributed by atoms with Crippen molar-refractivity contribution in [2.45, 2.75) is 47.1 Å². The Labute approximate surface area is 168 Å². The number of aromatic hydroxyl groups is 1. The molecule has 2 aromatic rings. The second-order valence-corrected chi connectivity index (χ2v) is 7.20. The number of Topliss-reactive ketones (excluding diaryl/α,β-unsaturated/α-hetero) is 1. The van der Waals surface area contributed by atoms with Crippen LogP contribution in [0.3, 0.4) is 0 Å². The summed E-state index contributed by atoms with van der Waals surface area (Å²) in [5, 5.41) is 20.6. The summed E-state index contributed by atoms with van der Waals surface area (Å²) >= 11 is 6.14. The fourth-order valence-corrected chi connectivity index (χ4v) is 3.17. The zero-order valence-corrected chi connectivity index (χ0v) is 17.3. The monoisotopic (exact) mass is 402 g/mol. The van der Waals surface area contributed by atoms with Crippen LogP contribution in [0.25, 0.3) is 0 Å². The molecule has 148 valence electrons. The molecule has 0 aliphatic rings. The van der Waals surface area contributed by atoms with Gasteiger partial charge in [0.2, 0.25) is 11.7 Å². The molecular formula is C21H23ClN2O4. The second kappa shape index (κ2) is 8.49. The number of ketones is 1. The van der Waals surface area contributed by atoms with Gasteiger partial charge in [-0.3, -0.25) is 14.2 Å². The third-order valence-corrected chi connectivity index (χ3v) is 5.43. The van der Waals surface area contributed by atoms with Gasteiger partial charge in [-0.2, -0.15) is 5.26 Å². The Morgan fingerprint density at radius 3 is 2.39 bits per heavy atom. The van der Waals surface area contributed by atoms with E-state index >= 15 is 0 Å². The fraction of sp³-hybridized carbons (Fsp3) is 0.381. The zero-order valence-electron chi connectivity index (χ0n) is 16.6. The van der Waals surface area contributed by atoms with Crippen molar-refractivity contribution in [1.29, 1.82) is 5.26 Å². The first-order chi connectivity index (χ1) is 13.1. The number of nitrogens with zero attached hydrogens (tertiary/aromatic N) is 2. The zero-order chi connectivity index (χ0) is 21.2. The molecule has 2 rings (SSSR count). The minimum absolute atomic E-state index is 0.0705. The summed E-state index contributed by atoms with van der Waals surface area (Å²) in [6.07, 6.45) is 0.550. The predicted molar refractivity (Wildman–Crippen MR) is 108 cm³/mol. The number of aromatic nitrogens is 1. The van der Waals surface area contributed by atoms with Crippen LogP contribution in [0.15, 0.2) is 16.9 Å². The minimum atomic E-state index is -0.603. The van der Waals surface area contributed by atoms with Crippen molar-refractivity contribution in [2.75, 3.05) is 6.61 Å². The SMILES string of the molecule is CCC(C)n1c(O)c(C(=O)COc2cc(C)c(Cl)c(C)c2)c(C)c(C#N)c1=O. The topological polar surface area (TPSA) is 92.3 Å². The lowest BCUT2D eigenvalue weighted by Crippen LogP contribution is -2.29. The van der Waals surface area contributed by atoms with Gasteiger partial charge in [0.05, 0.1) is 5.56 Å². The number of benzene rings is 1. The van der Waals surface area contributed by atoms with Gasteiger partial charge < -0.3 is 9.84 Å². The van der Waals surface area contributed by atoms with E-state index in [2.05, 4.69) is 0 Å². The molecule has 28 heavy (non-hydrogen) atoms. The average molecular weight is 403 g/mol. The highest BCUT2D eigenvalue weighted by atomic mass is 35.5. The van der Waals surface area contributed by atoms with Crippen molar-refractivity contribution in [3.63, 3.8) is 0 Å². The lowest BCUT2D eigenvalue weighted by molar-refractivity contribution is 0.0916. The van der Waals surface area contributed by atoms with Crippen LogP contribution < -0.4 is 10.3 Å². The number of ether oxygens (including phenoxy) is 1. The van der Waals surface area contributed by atoms with Crippen LogP contribution in [0, 0.1) is 32.1 Å².